The topological polar surface area (TPSA) is 65.5 Å². The molecule has 0 aromatic heterocycles. The number of amides is 3. The van der Waals surface area contributed by atoms with Gasteiger partial charge in [-0.2, -0.15) is 5.10 Å². The van der Waals surface area contributed by atoms with E-state index < -0.39 is 6.03 Å². The maximum atomic E-state index is 11.7. The summed E-state index contributed by atoms with van der Waals surface area (Å²) in [6, 6.07) is -0.397. The van der Waals surface area contributed by atoms with Gasteiger partial charge in [0, 0.05) is 19.8 Å². The Morgan fingerprint density at radius 3 is 2.56 bits per heavy atom. The number of carbonyl (C=O) groups is 2. The second-order valence-corrected chi connectivity index (χ2v) is 3.68. The number of morpholine rings is 1. The summed E-state index contributed by atoms with van der Waals surface area (Å²) in [7, 11) is 0. The lowest BCUT2D eigenvalue weighted by atomic mass is 10.4. The molecule has 3 amide bonds. The lowest BCUT2D eigenvalue weighted by Crippen LogP contribution is -2.46. The minimum Gasteiger partial charge on any atom is -0.379 e. The van der Waals surface area contributed by atoms with Gasteiger partial charge in [0.25, 0.3) is 5.91 Å². The van der Waals surface area contributed by atoms with Gasteiger partial charge in [-0.25, -0.2) is 14.7 Å². The fourth-order valence-electron chi connectivity index (χ4n) is 1.72. The van der Waals surface area contributed by atoms with Crippen molar-refractivity contribution in [3.05, 3.63) is 0 Å². The van der Waals surface area contributed by atoms with Crippen LogP contribution in [0.25, 0.3) is 0 Å². The normalized spacial score (nSPS) is 23.0. The molecule has 0 spiro atoms. The number of nitrogens with zero attached hydrogens (tertiary/aromatic N) is 4. The summed E-state index contributed by atoms with van der Waals surface area (Å²) in [5.41, 5.74) is 0. The van der Waals surface area contributed by atoms with E-state index in [0.29, 0.717) is 19.9 Å². The highest BCUT2D eigenvalue weighted by molar-refractivity contribution is 6.01. The maximum Gasteiger partial charge on any atom is 0.348 e. The molecule has 2 saturated heterocycles. The Balaban J connectivity index is 1.95. The van der Waals surface area contributed by atoms with E-state index in [1.54, 1.807) is 0 Å². The lowest BCUT2D eigenvalue weighted by Gasteiger charge is -2.29. The molecule has 2 heterocycles. The van der Waals surface area contributed by atoms with Gasteiger partial charge in [0.2, 0.25) is 0 Å². The maximum absolute atomic E-state index is 11.7. The highest BCUT2D eigenvalue weighted by Crippen LogP contribution is 2.11. The van der Waals surface area contributed by atoms with Crippen molar-refractivity contribution in [3.63, 3.8) is 0 Å². The van der Waals surface area contributed by atoms with Crippen molar-refractivity contribution in [2.75, 3.05) is 39.5 Å². The first-order valence-corrected chi connectivity index (χ1v) is 5.11. The van der Waals surface area contributed by atoms with E-state index in [-0.39, 0.29) is 12.5 Å². The predicted molar refractivity (Wildman–Crippen MR) is 55.8 cm³/mol. The summed E-state index contributed by atoms with van der Waals surface area (Å²) in [5.74, 6) is -0.233. The molecule has 16 heavy (non-hydrogen) atoms. The first kappa shape index (κ1) is 11.0. The van der Waals surface area contributed by atoms with Gasteiger partial charge in [0.15, 0.2) is 0 Å². The third-order valence-corrected chi connectivity index (χ3v) is 2.65. The number of hydrogen-bond acceptors (Lipinski definition) is 5. The summed E-state index contributed by atoms with van der Waals surface area (Å²) < 4.78 is 5.19. The number of imide groups is 1. The van der Waals surface area contributed by atoms with E-state index in [2.05, 4.69) is 11.8 Å². The molecule has 0 radical (unpaired) electrons. The van der Waals surface area contributed by atoms with Gasteiger partial charge in [0.05, 0.1) is 19.9 Å². The quantitative estimate of drug-likeness (QED) is 0.465. The molecular formula is C9H14N4O3. The molecule has 7 heteroatoms. The zero-order valence-electron chi connectivity index (χ0n) is 8.96. The fourth-order valence-corrected chi connectivity index (χ4v) is 1.72. The molecule has 0 aromatic carbocycles. The van der Waals surface area contributed by atoms with Crippen molar-refractivity contribution in [1.82, 2.24) is 14.8 Å². The number of ether oxygens (including phenoxy) is 1. The van der Waals surface area contributed by atoms with Crippen LogP contribution in [-0.2, 0) is 9.53 Å². The van der Waals surface area contributed by atoms with E-state index in [1.807, 2.05) is 4.90 Å². The molecule has 2 rings (SSSR count). The van der Waals surface area contributed by atoms with Crippen molar-refractivity contribution in [2.45, 2.75) is 0 Å². The van der Waals surface area contributed by atoms with Gasteiger partial charge in [0.1, 0.15) is 6.54 Å². The Bertz CT molecular complexity index is 314. The highest BCUT2D eigenvalue weighted by Gasteiger charge is 2.36. The summed E-state index contributed by atoms with van der Waals surface area (Å²) in [6.07, 6.45) is 0. The largest absolute Gasteiger partial charge is 0.379 e. The number of carbonyl (C=O) groups excluding carboxylic acids is 2. The average molecular weight is 226 g/mol. The Morgan fingerprint density at radius 2 is 2.00 bits per heavy atom. The van der Waals surface area contributed by atoms with Crippen molar-refractivity contribution >= 4 is 18.7 Å². The Labute approximate surface area is 93.2 Å². The van der Waals surface area contributed by atoms with Gasteiger partial charge in [-0.15, -0.1) is 0 Å². The fraction of sp³-hybridized carbons (Fsp3) is 0.667. The van der Waals surface area contributed by atoms with E-state index in [0.717, 1.165) is 18.1 Å². The summed E-state index contributed by atoms with van der Waals surface area (Å²) in [6.45, 7) is 6.30. The predicted octanol–water partition coefficient (Wildman–Crippen LogP) is -0.844. The molecule has 0 N–H and O–H groups in total. The van der Waals surface area contributed by atoms with Crippen LogP contribution in [0.4, 0.5) is 4.79 Å². The van der Waals surface area contributed by atoms with Crippen LogP contribution < -0.4 is 0 Å². The van der Waals surface area contributed by atoms with Gasteiger partial charge >= 0.3 is 6.03 Å². The standard InChI is InChI=1S/C9H14N4O3/c1-10-13-6-8(14)12(9(13)15)7-11-2-4-16-5-3-11/h1-7H2. The van der Waals surface area contributed by atoms with E-state index >= 15 is 0 Å². The molecule has 0 atom stereocenters. The van der Waals surface area contributed by atoms with Gasteiger partial charge in [-0.3, -0.25) is 9.69 Å². The van der Waals surface area contributed by atoms with Crippen LogP contribution >= 0.6 is 0 Å². The molecule has 0 saturated carbocycles. The molecule has 7 nitrogen and oxygen atoms in total. The van der Waals surface area contributed by atoms with Crippen LogP contribution in [-0.4, -0.2) is 73.0 Å². The second-order valence-electron chi connectivity index (χ2n) is 3.68. The molecule has 0 bridgehead atoms. The molecule has 88 valence electrons. The van der Waals surface area contributed by atoms with Crippen LogP contribution in [0.5, 0.6) is 0 Å². The van der Waals surface area contributed by atoms with E-state index in [4.69, 9.17) is 4.74 Å². The van der Waals surface area contributed by atoms with Crippen molar-refractivity contribution < 1.29 is 14.3 Å². The summed E-state index contributed by atoms with van der Waals surface area (Å²) in [5, 5.41) is 4.56. The van der Waals surface area contributed by atoms with Crippen molar-refractivity contribution in [1.29, 1.82) is 0 Å². The molecular weight excluding hydrogens is 212 g/mol. The highest BCUT2D eigenvalue weighted by atomic mass is 16.5. The number of rotatable bonds is 3. The Morgan fingerprint density at radius 1 is 1.31 bits per heavy atom. The molecule has 0 aliphatic carbocycles. The summed E-state index contributed by atoms with van der Waals surface area (Å²) >= 11 is 0. The zero-order valence-corrected chi connectivity index (χ0v) is 8.96. The van der Waals surface area contributed by atoms with E-state index in [1.165, 1.54) is 4.90 Å². The number of hydrogen-bond donors (Lipinski definition) is 0. The molecule has 0 aromatic rings. The average Bonchev–Trinajstić information content (AvgIpc) is 2.58. The lowest BCUT2D eigenvalue weighted by molar-refractivity contribution is -0.127. The third kappa shape index (κ3) is 2.05. The Hall–Kier alpha value is -1.47. The molecule has 2 fully saturated rings. The van der Waals surface area contributed by atoms with Crippen LogP contribution in [0.2, 0.25) is 0 Å². The second kappa shape index (κ2) is 4.58. The van der Waals surface area contributed by atoms with Crippen LogP contribution in [0, 0.1) is 0 Å². The van der Waals surface area contributed by atoms with Crippen LogP contribution in [0.15, 0.2) is 5.10 Å². The SMILES string of the molecule is C=NN1CC(=O)N(CN2CCOCC2)C1=O. The van der Waals surface area contributed by atoms with Gasteiger partial charge < -0.3 is 4.74 Å². The minimum absolute atomic E-state index is 0.00727. The number of hydrazone groups is 1. The third-order valence-electron chi connectivity index (χ3n) is 2.65. The smallest absolute Gasteiger partial charge is 0.348 e. The van der Waals surface area contributed by atoms with Crippen molar-refractivity contribution in [3.8, 4) is 0 Å². The molecule has 0 unspecified atom stereocenters. The first-order valence-electron chi connectivity index (χ1n) is 5.11. The Kier molecular flexibility index (Phi) is 3.16. The molecule has 2 aliphatic heterocycles. The molecule has 2 aliphatic rings. The van der Waals surface area contributed by atoms with Gasteiger partial charge in [-0.1, -0.05) is 0 Å². The zero-order chi connectivity index (χ0) is 11.5. The summed E-state index contributed by atoms with van der Waals surface area (Å²) in [4.78, 5) is 26.4. The van der Waals surface area contributed by atoms with E-state index in [9.17, 15) is 9.59 Å². The minimum atomic E-state index is -0.397. The number of urea groups is 1. The van der Waals surface area contributed by atoms with Crippen LogP contribution in [0.3, 0.4) is 0 Å². The first-order chi connectivity index (χ1) is 7.72. The van der Waals surface area contributed by atoms with Crippen molar-refractivity contribution in [2.24, 2.45) is 5.10 Å². The monoisotopic (exact) mass is 226 g/mol. The van der Waals surface area contributed by atoms with Gasteiger partial charge in [-0.05, 0) is 0 Å². The van der Waals surface area contributed by atoms with Crippen LogP contribution in [0.1, 0.15) is 0 Å².